The summed E-state index contributed by atoms with van der Waals surface area (Å²) in [5.74, 6) is 0.919. The van der Waals surface area contributed by atoms with E-state index in [1.165, 1.54) is 12.8 Å². The van der Waals surface area contributed by atoms with Gasteiger partial charge in [-0.15, -0.1) is 0 Å². The molecule has 0 aliphatic rings. The van der Waals surface area contributed by atoms with Gasteiger partial charge in [0.25, 0.3) is 0 Å². The van der Waals surface area contributed by atoms with Gasteiger partial charge >= 0.3 is 0 Å². The molecule has 1 aromatic carbocycles. The zero-order chi connectivity index (χ0) is 11.8. The molecule has 2 nitrogen and oxygen atoms in total. The van der Waals surface area contributed by atoms with Crippen molar-refractivity contribution in [3.05, 3.63) is 29.8 Å². The van der Waals surface area contributed by atoms with E-state index in [0.717, 1.165) is 24.3 Å². The highest BCUT2D eigenvalue weighted by molar-refractivity contribution is 7.80. The van der Waals surface area contributed by atoms with Crippen LogP contribution in [0.5, 0.6) is 5.75 Å². The molecule has 0 unspecified atom stereocenters. The van der Waals surface area contributed by atoms with Crippen molar-refractivity contribution in [1.29, 1.82) is 0 Å². The first kappa shape index (κ1) is 13.0. The first-order valence-electron chi connectivity index (χ1n) is 5.72. The molecule has 0 atom stereocenters. The molecule has 0 saturated carbocycles. The van der Waals surface area contributed by atoms with Gasteiger partial charge in [-0.2, -0.15) is 0 Å². The van der Waals surface area contributed by atoms with Gasteiger partial charge in [0.1, 0.15) is 5.75 Å². The van der Waals surface area contributed by atoms with Crippen LogP contribution in [-0.4, -0.2) is 11.6 Å². The van der Waals surface area contributed by atoms with E-state index in [2.05, 4.69) is 6.92 Å². The molecule has 88 valence electrons. The zero-order valence-electron chi connectivity index (χ0n) is 9.74. The third-order valence-corrected chi connectivity index (χ3v) is 2.46. The number of unbranched alkanes of at least 4 members (excludes halogenated alkanes) is 2. The summed E-state index contributed by atoms with van der Waals surface area (Å²) in [6, 6.07) is 7.96. The monoisotopic (exact) mass is 237 g/mol. The highest BCUT2D eigenvalue weighted by atomic mass is 32.1. The molecular formula is C13H19NOS. The molecule has 0 heterocycles. The standard InChI is InChI=1S/C13H19NOS/c1-2-3-4-9-15-12-7-5-11(6-8-12)10-13(14)16/h5-8H,2-4,9-10H2,1H3,(H2,14,16). The summed E-state index contributed by atoms with van der Waals surface area (Å²) in [5.41, 5.74) is 6.61. The lowest BCUT2D eigenvalue weighted by atomic mass is 10.1. The smallest absolute Gasteiger partial charge is 0.119 e. The number of ether oxygens (including phenoxy) is 1. The van der Waals surface area contributed by atoms with Gasteiger partial charge in [-0.05, 0) is 24.1 Å². The minimum Gasteiger partial charge on any atom is -0.494 e. The van der Waals surface area contributed by atoms with Gasteiger partial charge in [-0.25, -0.2) is 0 Å². The molecule has 0 aromatic heterocycles. The van der Waals surface area contributed by atoms with Gasteiger partial charge in [0.05, 0.1) is 11.6 Å². The van der Waals surface area contributed by atoms with Crippen LogP contribution < -0.4 is 10.5 Å². The molecule has 1 aromatic rings. The second-order valence-corrected chi connectivity index (χ2v) is 4.37. The average molecular weight is 237 g/mol. The predicted octanol–water partition coefficient (Wildman–Crippen LogP) is 3.08. The van der Waals surface area contributed by atoms with E-state index >= 15 is 0 Å². The summed E-state index contributed by atoms with van der Waals surface area (Å²) in [7, 11) is 0. The van der Waals surface area contributed by atoms with Crippen molar-refractivity contribution in [2.24, 2.45) is 5.73 Å². The Labute approximate surface area is 103 Å². The zero-order valence-corrected chi connectivity index (χ0v) is 10.6. The topological polar surface area (TPSA) is 35.2 Å². The maximum absolute atomic E-state index is 5.60. The minimum atomic E-state index is 0.525. The number of benzene rings is 1. The highest BCUT2D eigenvalue weighted by Crippen LogP contribution is 2.13. The fourth-order valence-corrected chi connectivity index (χ4v) is 1.61. The van der Waals surface area contributed by atoms with Crippen molar-refractivity contribution < 1.29 is 4.74 Å². The number of hydrogen-bond donors (Lipinski definition) is 1. The van der Waals surface area contributed by atoms with Crippen LogP contribution in [0.15, 0.2) is 24.3 Å². The first-order chi connectivity index (χ1) is 7.72. The normalized spacial score (nSPS) is 10.1. The van der Waals surface area contributed by atoms with Crippen LogP contribution in [0, 0.1) is 0 Å². The van der Waals surface area contributed by atoms with Crippen LogP contribution in [-0.2, 0) is 6.42 Å². The average Bonchev–Trinajstić information content (AvgIpc) is 2.26. The minimum absolute atomic E-state index is 0.525. The molecule has 0 amide bonds. The Morgan fingerprint density at radius 1 is 1.25 bits per heavy atom. The van der Waals surface area contributed by atoms with Crippen LogP contribution in [0.1, 0.15) is 31.7 Å². The Balaban J connectivity index is 2.36. The summed E-state index contributed by atoms with van der Waals surface area (Å²) in [4.78, 5) is 0.525. The van der Waals surface area contributed by atoms with Crippen molar-refractivity contribution in [2.75, 3.05) is 6.61 Å². The van der Waals surface area contributed by atoms with E-state index in [1.807, 2.05) is 24.3 Å². The van der Waals surface area contributed by atoms with Gasteiger partial charge < -0.3 is 10.5 Å². The van der Waals surface area contributed by atoms with E-state index < -0.39 is 0 Å². The summed E-state index contributed by atoms with van der Waals surface area (Å²) in [5, 5.41) is 0. The second kappa shape index (κ2) is 7.23. The van der Waals surface area contributed by atoms with Gasteiger partial charge in [-0.3, -0.25) is 0 Å². The molecule has 0 aliphatic carbocycles. The van der Waals surface area contributed by atoms with E-state index in [-0.39, 0.29) is 0 Å². The Kier molecular flexibility index (Phi) is 5.86. The van der Waals surface area contributed by atoms with Crippen LogP contribution in [0.4, 0.5) is 0 Å². The number of thiocarbonyl (C=S) groups is 1. The Bertz CT molecular complexity index is 321. The van der Waals surface area contributed by atoms with Gasteiger partial charge in [0.15, 0.2) is 0 Å². The SMILES string of the molecule is CCCCCOc1ccc(CC(N)=S)cc1. The van der Waals surface area contributed by atoms with Crippen molar-refractivity contribution in [3.63, 3.8) is 0 Å². The van der Waals surface area contributed by atoms with Gasteiger partial charge in [0.2, 0.25) is 0 Å². The lowest BCUT2D eigenvalue weighted by Crippen LogP contribution is -2.10. The van der Waals surface area contributed by atoms with Gasteiger partial charge in [0, 0.05) is 6.42 Å². The highest BCUT2D eigenvalue weighted by Gasteiger charge is 1.97. The molecule has 1 rings (SSSR count). The Hall–Kier alpha value is -1.09. The van der Waals surface area contributed by atoms with Crippen LogP contribution in [0.25, 0.3) is 0 Å². The molecule has 0 aliphatic heterocycles. The first-order valence-corrected chi connectivity index (χ1v) is 6.13. The molecule has 0 saturated heterocycles. The predicted molar refractivity (Wildman–Crippen MR) is 72.0 cm³/mol. The molecule has 0 bridgehead atoms. The molecule has 0 fully saturated rings. The fraction of sp³-hybridized carbons (Fsp3) is 0.462. The second-order valence-electron chi connectivity index (χ2n) is 3.84. The third kappa shape index (κ3) is 5.12. The number of nitrogens with two attached hydrogens (primary N) is 1. The lowest BCUT2D eigenvalue weighted by Gasteiger charge is -2.06. The lowest BCUT2D eigenvalue weighted by molar-refractivity contribution is 0.306. The Morgan fingerprint density at radius 2 is 1.94 bits per heavy atom. The summed E-state index contributed by atoms with van der Waals surface area (Å²) < 4.78 is 5.60. The van der Waals surface area contributed by atoms with Crippen molar-refractivity contribution >= 4 is 17.2 Å². The number of rotatable bonds is 7. The van der Waals surface area contributed by atoms with E-state index in [4.69, 9.17) is 22.7 Å². The van der Waals surface area contributed by atoms with E-state index in [1.54, 1.807) is 0 Å². The van der Waals surface area contributed by atoms with Crippen LogP contribution in [0.2, 0.25) is 0 Å². The van der Waals surface area contributed by atoms with Crippen LogP contribution >= 0.6 is 12.2 Å². The number of hydrogen-bond acceptors (Lipinski definition) is 2. The maximum atomic E-state index is 5.60. The van der Waals surface area contributed by atoms with Gasteiger partial charge in [-0.1, -0.05) is 44.1 Å². The summed E-state index contributed by atoms with van der Waals surface area (Å²) in [6.07, 6.45) is 4.21. The molecule has 2 N–H and O–H groups in total. The summed E-state index contributed by atoms with van der Waals surface area (Å²) >= 11 is 4.86. The van der Waals surface area contributed by atoms with Crippen molar-refractivity contribution in [3.8, 4) is 5.75 Å². The van der Waals surface area contributed by atoms with Crippen molar-refractivity contribution in [1.82, 2.24) is 0 Å². The quantitative estimate of drug-likeness (QED) is 0.584. The van der Waals surface area contributed by atoms with Crippen LogP contribution in [0.3, 0.4) is 0 Å². The maximum Gasteiger partial charge on any atom is 0.119 e. The largest absolute Gasteiger partial charge is 0.494 e. The van der Waals surface area contributed by atoms with Crippen molar-refractivity contribution in [2.45, 2.75) is 32.6 Å². The third-order valence-electron chi connectivity index (χ3n) is 2.32. The van der Waals surface area contributed by atoms with E-state index in [9.17, 15) is 0 Å². The fourth-order valence-electron chi connectivity index (χ4n) is 1.45. The summed E-state index contributed by atoms with van der Waals surface area (Å²) in [6.45, 7) is 2.98. The molecule has 0 spiro atoms. The molecule has 3 heteroatoms. The molecule has 16 heavy (non-hydrogen) atoms. The Morgan fingerprint density at radius 3 is 2.50 bits per heavy atom. The van der Waals surface area contributed by atoms with E-state index in [0.29, 0.717) is 11.4 Å². The molecule has 0 radical (unpaired) electrons. The molecular weight excluding hydrogens is 218 g/mol.